The highest BCUT2D eigenvalue weighted by Crippen LogP contribution is 2.07. The van der Waals surface area contributed by atoms with Gasteiger partial charge in [-0.25, -0.2) is 0 Å². The van der Waals surface area contributed by atoms with E-state index in [2.05, 4.69) is 10.6 Å². The number of hydrogen-bond acceptors (Lipinski definition) is 4. The normalized spacial score (nSPS) is 20.1. The lowest BCUT2D eigenvalue weighted by molar-refractivity contribution is -0.147. The fraction of sp³-hybridized carbons (Fsp3) is 0.818. The first kappa shape index (κ1) is 13.9. The van der Waals surface area contributed by atoms with E-state index in [1.54, 1.807) is 11.9 Å². The molecule has 0 radical (unpaired) electrons. The molecule has 6 heteroatoms. The third-order valence-electron chi connectivity index (χ3n) is 2.63. The smallest absolute Gasteiger partial charge is 0.245 e. The van der Waals surface area contributed by atoms with Gasteiger partial charge in [-0.1, -0.05) is 6.92 Å². The monoisotopic (exact) mass is 243 g/mol. The Morgan fingerprint density at radius 1 is 1.47 bits per heavy atom. The molecule has 0 aromatic carbocycles. The van der Waals surface area contributed by atoms with E-state index >= 15 is 0 Å². The summed E-state index contributed by atoms with van der Waals surface area (Å²) in [5, 5.41) is 5.60. The number of hydrogen-bond donors (Lipinski definition) is 2. The van der Waals surface area contributed by atoms with Crippen LogP contribution in [0.15, 0.2) is 0 Å². The van der Waals surface area contributed by atoms with Gasteiger partial charge in [0.15, 0.2) is 0 Å². The summed E-state index contributed by atoms with van der Waals surface area (Å²) in [6.07, 6.45) is 0.879. The van der Waals surface area contributed by atoms with Crippen molar-refractivity contribution in [1.82, 2.24) is 15.5 Å². The molecule has 1 heterocycles. The maximum atomic E-state index is 11.9. The highest BCUT2D eigenvalue weighted by atomic mass is 16.5. The minimum Gasteiger partial charge on any atom is -0.377 e. The lowest BCUT2D eigenvalue weighted by Crippen LogP contribution is -2.57. The molecule has 1 atom stereocenters. The van der Waals surface area contributed by atoms with E-state index in [4.69, 9.17) is 4.74 Å². The molecule has 0 spiro atoms. The first-order valence-corrected chi connectivity index (χ1v) is 6.00. The summed E-state index contributed by atoms with van der Waals surface area (Å²) >= 11 is 0. The SMILES string of the molecule is CCCNC(=O)C1COCCN1C(=O)CNC. The maximum absolute atomic E-state index is 11.9. The van der Waals surface area contributed by atoms with Crippen LogP contribution in [0.25, 0.3) is 0 Å². The lowest BCUT2D eigenvalue weighted by atomic mass is 10.2. The van der Waals surface area contributed by atoms with Gasteiger partial charge in [0.1, 0.15) is 6.04 Å². The predicted octanol–water partition coefficient (Wildman–Crippen LogP) is -1.04. The van der Waals surface area contributed by atoms with E-state index in [0.717, 1.165) is 6.42 Å². The van der Waals surface area contributed by atoms with Gasteiger partial charge < -0.3 is 20.3 Å². The van der Waals surface area contributed by atoms with Gasteiger partial charge >= 0.3 is 0 Å². The summed E-state index contributed by atoms with van der Waals surface area (Å²) in [5.74, 6) is -0.191. The Hall–Kier alpha value is -1.14. The van der Waals surface area contributed by atoms with Crippen molar-refractivity contribution >= 4 is 11.8 Å². The summed E-state index contributed by atoms with van der Waals surface area (Å²) < 4.78 is 5.27. The van der Waals surface area contributed by atoms with Gasteiger partial charge in [0.05, 0.1) is 19.8 Å². The Bertz CT molecular complexity index is 271. The van der Waals surface area contributed by atoms with Gasteiger partial charge in [0, 0.05) is 13.1 Å². The summed E-state index contributed by atoms with van der Waals surface area (Å²) in [4.78, 5) is 25.3. The fourth-order valence-corrected chi connectivity index (χ4v) is 1.74. The molecule has 1 fully saturated rings. The van der Waals surface area contributed by atoms with Gasteiger partial charge in [-0.2, -0.15) is 0 Å². The Balaban J connectivity index is 2.58. The molecule has 2 amide bonds. The maximum Gasteiger partial charge on any atom is 0.245 e. The van der Waals surface area contributed by atoms with Gasteiger partial charge in [-0.15, -0.1) is 0 Å². The Morgan fingerprint density at radius 2 is 2.24 bits per heavy atom. The summed E-state index contributed by atoms with van der Waals surface area (Å²) in [6.45, 7) is 4.12. The first-order valence-electron chi connectivity index (χ1n) is 6.00. The lowest BCUT2D eigenvalue weighted by Gasteiger charge is -2.34. The van der Waals surface area contributed by atoms with Gasteiger partial charge in [0.2, 0.25) is 11.8 Å². The molecule has 6 nitrogen and oxygen atoms in total. The second kappa shape index (κ2) is 7.24. The molecule has 98 valence electrons. The van der Waals surface area contributed by atoms with Gasteiger partial charge in [-0.3, -0.25) is 9.59 Å². The molecule has 1 saturated heterocycles. The van der Waals surface area contributed by atoms with Crippen molar-refractivity contribution < 1.29 is 14.3 Å². The second-order valence-corrected chi connectivity index (χ2v) is 4.00. The molecule has 1 aliphatic rings. The molecule has 2 N–H and O–H groups in total. The van der Waals surface area contributed by atoms with Crippen molar-refractivity contribution in [1.29, 1.82) is 0 Å². The Morgan fingerprint density at radius 3 is 2.88 bits per heavy atom. The Kier molecular flexibility index (Phi) is 5.93. The molecule has 1 aliphatic heterocycles. The van der Waals surface area contributed by atoms with Crippen LogP contribution in [-0.2, 0) is 14.3 Å². The van der Waals surface area contributed by atoms with Crippen LogP contribution in [0.1, 0.15) is 13.3 Å². The number of nitrogens with one attached hydrogen (secondary N) is 2. The number of rotatable bonds is 5. The number of nitrogens with zero attached hydrogens (tertiary/aromatic N) is 1. The zero-order valence-corrected chi connectivity index (χ0v) is 10.5. The summed E-state index contributed by atoms with van der Waals surface area (Å²) in [7, 11) is 1.71. The van der Waals surface area contributed by atoms with E-state index in [1.807, 2.05) is 6.92 Å². The molecule has 17 heavy (non-hydrogen) atoms. The van der Waals surface area contributed by atoms with Crippen molar-refractivity contribution in [2.45, 2.75) is 19.4 Å². The molecule has 1 unspecified atom stereocenters. The summed E-state index contributed by atoms with van der Waals surface area (Å²) in [6, 6.07) is -0.490. The highest BCUT2D eigenvalue weighted by molar-refractivity contribution is 5.88. The third kappa shape index (κ3) is 3.98. The largest absolute Gasteiger partial charge is 0.377 e. The second-order valence-electron chi connectivity index (χ2n) is 4.00. The molecule has 0 saturated carbocycles. The molecule has 0 bridgehead atoms. The minimum atomic E-state index is -0.490. The van der Waals surface area contributed by atoms with E-state index in [1.165, 1.54) is 0 Å². The Labute approximate surface area is 102 Å². The van der Waals surface area contributed by atoms with Crippen LogP contribution in [0.4, 0.5) is 0 Å². The van der Waals surface area contributed by atoms with Crippen molar-refractivity contribution in [3.05, 3.63) is 0 Å². The van der Waals surface area contributed by atoms with Crippen molar-refractivity contribution in [3.63, 3.8) is 0 Å². The number of amides is 2. The molecule has 0 aromatic rings. The topological polar surface area (TPSA) is 70.7 Å². The van der Waals surface area contributed by atoms with Crippen molar-refractivity contribution in [3.8, 4) is 0 Å². The quantitative estimate of drug-likeness (QED) is 0.647. The van der Waals surface area contributed by atoms with E-state index in [9.17, 15) is 9.59 Å². The zero-order chi connectivity index (χ0) is 12.7. The van der Waals surface area contributed by atoms with Crippen molar-refractivity contribution in [2.75, 3.05) is 39.9 Å². The predicted molar refractivity (Wildman–Crippen MR) is 63.5 cm³/mol. The number of carbonyl (C=O) groups excluding carboxylic acids is 2. The number of carbonyl (C=O) groups is 2. The van der Waals surface area contributed by atoms with Crippen molar-refractivity contribution in [2.24, 2.45) is 0 Å². The average Bonchev–Trinajstić information content (AvgIpc) is 2.36. The number of ether oxygens (including phenoxy) is 1. The molecular formula is C11H21N3O3. The van der Waals surface area contributed by atoms with Crippen LogP contribution in [0, 0.1) is 0 Å². The van der Waals surface area contributed by atoms with Gasteiger partial charge in [-0.05, 0) is 13.5 Å². The number of morpholine rings is 1. The molecule has 0 aliphatic carbocycles. The average molecular weight is 243 g/mol. The van der Waals surface area contributed by atoms with Gasteiger partial charge in [0.25, 0.3) is 0 Å². The van der Waals surface area contributed by atoms with E-state index in [-0.39, 0.29) is 25.0 Å². The van der Waals surface area contributed by atoms with Crippen LogP contribution in [0.5, 0.6) is 0 Å². The highest BCUT2D eigenvalue weighted by Gasteiger charge is 2.31. The van der Waals surface area contributed by atoms with Crippen LogP contribution >= 0.6 is 0 Å². The third-order valence-corrected chi connectivity index (χ3v) is 2.63. The zero-order valence-electron chi connectivity index (χ0n) is 10.5. The molecular weight excluding hydrogens is 222 g/mol. The summed E-state index contributed by atoms with van der Waals surface area (Å²) in [5.41, 5.74) is 0. The van der Waals surface area contributed by atoms with Crippen LogP contribution in [0.3, 0.4) is 0 Å². The van der Waals surface area contributed by atoms with Crippen LogP contribution < -0.4 is 10.6 Å². The van der Waals surface area contributed by atoms with Crippen LogP contribution in [-0.4, -0.2) is 62.7 Å². The molecule has 0 aromatic heterocycles. The number of likely N-dealkylation sites (N-methyl/N-ethyl adjacent to an activating group) is 1. The van der Waals surface area contributed by atoms with E-state index in [0.29, 0.717) is 19.7 Å². The van der Waals surface area contributed by atoms with Crippen LogP contribution in [0.2, 0.25) is 0 Å². The standard InChI is InChI=1S/C11H21N3O3/c1-3-4-13-11(16)9-8-17-6-5-14(9)10(15)7-12-2/h9,12H,3-8H2,1-2H3,(H,13,16). The fourth-order valence-electron chi connectivity index (χ4n) is 1.74. The molecule has 1 rings (SSSR count). The van der Waals surface area contributed by atoms with E-state index < -0.39 is 6.04 Å². The minimum absolute atomic E-state index is 0.0625. The first-order chi connectivity index (χ1) is 8.20.